The van der Waals surface area contributed by atoms with Crippen LogP contribution in [0.5, 0.6) is 5.75 Å². The molecule has 0 amide bonds. The molecule has 0 heterocycles. The van der Waals surface area contributed by atoms with Crippen LogP contribution in [0.2, 0.25) is 0 Å². The van der Waals surface area contributed by atoms with Gasteiger partial charge < -0.3 is 9.22 Å². The predicted octanol–water partition coefficient (Wildman–Crippen LogP) is 2.08. The lowest BCUT2D eigenvalue weighted by atomic mass is 10.2. The van der Waals surface area contributed by atoms with Crippen molar-refractivity contribution >= 4 is 0 Å². The van der Waals surface area contributed by atoms with Crippen molar-refractivity contribution in [1.82, 2.24) is 0 Å². The predicted molar refractivity (Wildman–Crippen MR) is 59.6 cm³/mol. The number of likely N-dealkylation sites (N-methyl/N-ethyl adjacent to an activating group) is 1. The summed E-state index contributed by atoms with van der Waals surface area (Å²) in [7, 11) is 6.50. The minimum Gasteiger partial charge on any atom is -0.488 e. The van der Waals surface area contributed by atoms with Gasteiger partial charge in [-0.15, -0.1) is 0 Å². The van der Waals surface area contributed by atoms with Crippen molar-refractivity contribution in [1.29, 1.82) is 0 Å². The molecular formula is C12H20NO+. The molecule has 1 aromatic carbocycles. The van der Waals surface area contributed by atoms with E-state index in [2.05, 4.69) is 40.2 Å². The van der Waals surface area contributed by atoms with Crippen LogP contribution in [0.25, 0.3) is 0 Å². The highest BCUT2D eigenvalue weighted by Gasteiger charge is 2.06. The summed E-state index contributed by atoms with van der Waals surface area (Å²) < 4.78 is 6.58. The van der Waals surface area contributed by atoms with Gasteiger partial charge in [-0.2, -0.15) is 0 Å². The van der Waals surface area contributed by atoms with Crippen LogP contribution < -0.4 is 4.74 Å². The number of hydrogen-bond acceptors (Lipinski definition) is 1. The van der Waals surface area contributed by atoms with E-state index in [1.165, 1.54) is 5.56 Å². The average molecular weight is 194 g/mol. The summed E-state index contributed by atoms with van der Waals surface area (Å²) in [6.07, 6.45) is 0. The van der Waals surface area contributed by atoms with E-state index in [1.807, 2.05) is 12.1 Å². The molecule has 2 nitrogen and oxygen atoms in total. The number of quaternary nitrogens is 1. The van der Waals surface area contributed by atoms with E-state index in [1.54, 1.807) is 0 Å². The van der Waals surface area contributed by atoms with Crippen molar-refractivity contribution in [3.05, 3.63) is 29.8 Å². The normalized spacial score (nSPS) is 11.4. The van der Waals surface area contributed by atoms with E-state index in [0.717, 1.165) is 23.4 Å². The first-order chi connectivity index (χ1) is 6.47. The topological polar surface area (TPSA) is 9.23 Å². The Balaban J connectivity index is 2.39. The van der Waals surface area contributed by atoms with Gasteiger partial charge in [-0.25, -0.2) is 0 Å². The summed E-state index contributed by atoms with van der Waals surface area (Å²) in [5, 5.41) is 0. The standard InChI is InChI=1S/C12H20NO/c1-11-6-5-7-12(10-11)14-9-8-13(2,3)4/h5-7,10H,8-9H2,1-4H3/q+1. The molecule has 1 rings (SSSR count). The number of benzene rings is 1. The Kier molecular flexibility index (Phi) is 3.53. The number of hydrogen-bond donors (Lipinski definition) is 0. The van der Waals surface area contributed by atoms with Gasteiger partial charge in [0.05, 0.1) is 21.1 Å². The van der Waals surface area contributed by atoms with Crippen molar-refractivity contribution < 1.29 is 9.22 Å². The van der Waals surface area contributed by atoms with E-state index >= 15 is 0 Å². The molecule has 0 aliphatic heterocycles. The van der Waals surface area contributed by atoms with Gasteiger partial charge in [0, 0.05) is 0 Å². The smallest absolute Gasteiger partial charge is 0.137 e. The molecule has 0 aromatic heterocycles. The molecule has 0 spiro atoms. The Morgan fingerprint density at radius 2 is 1.93 bits per heavy atom. The highest BCUT2D eigenvalue weighted by Crippen LogP contribution is 2.12. The van der Waals surface area contributed by atoms with Crippen LogP contribution in [-0.2, 0) is 0 Å². The van der Waals surface area contributed by atoms with Crippen molar-refractivity contribution in [3.63, 3.8) is 0 Å². The first kappa shape index (κ1) is 11.1. The second kappa shape index (κ2) is 4.47. The molecule has 0 fully saturated rings. The van der Waals surface area contributed by atoms with Crippen molar-refractivity contribution in [2.24, 2.45) is 0 Å². The van der Waals surface area contributed by atoms with Crippen LogP contribution in [-0.4, -0.2) is 38.8 Å². The molecule has 0 bridgehead atoms. The quantitative estimate of drug-likeness (QED) is 0.667. The fourth-order valence-corrected chi connectivity index (χ4v) is 1.14. The summed E-state index contributed by atoms with van der Waals surface area (Å²) in [5.74, 6) is 0.971. The molecule has 14 heavy (non-hydrogen) atoms. The summed E-state index contributed by atoms with van der Waals surface area (Å²) in [6, 6.07) is 8.17. The monoisotopic (exact) mass is 194 g/mol. The second-order valence-corrected chi connectivity index (χ2v) is 4.68. The summed E-state index contributed by atoms with van der Waals surface area (Å²) >= 11 is 0. The van der Waals surface area contributed by atoms with Gasteiger partial charge in [-0.3, -0.25) is 0 Å². The molecule has 0 aliphatic rings. The van der Waals surface area contributed by atoms with Crippen LogP contribution in [0.3, 0.4) is 0 Å². The lowest BCUT2D eigenvalue weighted by Crippen LogP contribution is -2.38. The molecule has 78 valence electrons. The summed E-state index contributed by atoms with van der Waals surface area (Å²) in [5.41, 5.74) is 1.24. The minimum atomic E-state index is 0.771. The van der Waals surface area contributed by atoms with E-state index < -0.39 is 0 Å². The van der Waals surface area contributed by atoms with Crippen LogP contribution in [0.1, 0.15) is 5.56 Å². The third-order valence-corrected chi connectivity index (χ3v) is 2.02. The number of ether oxygens (including phenoxy) is 1. The zero-order valence-electron chi connectivity index (χ0n) is 9.58. The largest absolute Gasteiger partial charge is 0.488 e. The van der Waals surface area contributed by atoms with E-state index in [9.17, 15) is 0 Å². The highest BCUT2D eigenvalue weighted by molar-refractivity contribution is 5.27. The SMILES string of the molecule is Cc1cccc(OCC[N+](C)(C)C)c1. The molecule has 2 heteroatoms. The molecule has 0 atom stereocenters. The Morgan fingerprint density at radius 3 is 2.50 bits per heavy atom. The average Bonchev–Trinajstić information content (AvgIpc) is 2.01. The van der Waals surface area contributed by atoms with Crippen molar-refractivity contribution in [3.8, 4) is 5.75 Å². The van der Waals surface area contributed by atoms with Gasteiger partial charge in [0.15, 0.2) is 0 Å². The first-order valence-electron chi connectivity index (χ1n) is 4.97. The molecule has 0 unspecified atom stereocenters. The third kappa shape index (κ3) is 4.28. The van der Waals surface area contributed by atoms with E-state index in [4.69, 9.17) is 4.74 Å². The van der Waals surface area contributed by atoms with Crippen LogP contribution in [0.15, 0.2) is 24.3 Å². The zero-order valence-corrected chi connectivity index (χ0v) is 9.58. The van der Waals surface area contributed by atoms with Gasteiger partial charge in [-0.1, -0.05) is 12.1 Å². The third-order valence-electron chi connectivity index (χ3n) is 2.02. The molecule has 0 N–H and O–H groups in total. The minimum absolute atomic E-state index is 0.771. The van der Waals surface area contributed by atoms with E-state index in [0.29, 0.717) is 0 Å². The lowest BCUT2D eigenvalue weighted by Gasteiger charge is -2.23. The Hall–Kier alpha value is -1.02. The summed E-state index contributed by atoms with van der Waals surface area (Å²) in [6.45, 7) is 3.87. The maximum Gasteiger partial charge on any atom is 0.137 e. The molecule has 0 saturated heterocycles. The molecular weight excluding hydrogens is 174 g/mol. The number of aryl methyl sites for hydroxylation is 1. The van der Waals surface area contributed by atoms with Gasteiger partial charge in [0.1, 0.15) is 18.9 Å². The van der Waals surface area contributed by atoms with Crippen LogP contribution >= 0.6 is 0 Å². The molecule has 0 saturated carbocycles. The Labute approximate surface area is 86.7 Å². The molecule has 1 aromatic rings. The maximum atomic E-state index is 5.65. The van der Waals surface area contributed by atoms with E-state index in [-0.39, 0.29) is 0 Å². The van der Waals surface area contributed by atoms with Gasteiger partial charge in [0.25, 0.3) is 0 Å². The molecule has 0 radical (unpaired) electrons. The Morgan fingerprint density at radius 1 is 1.21 bits per heavy atom. The fraction of sp³-hybridized carbons (Fsp3) is 0.500. The lowest BCUT2D eigenvalue weighted by molar-refractivity contribution is -0.870. The molecule has 0 aliphatic carbocycles. The Bertz CT molecular complexity index is 289. The van der Waals surface area contributed by atoms with Gasteiger partial charge in [0.2, 0.25) is 0 Å². The fourth-order valence-electron chi connectivity index (χ4n) is 1.14. The maximum absolute atomic E-state index is 5.65. The van der Waals surface area contributed by atoms with Gasteiger partial charge in [-0.05, 0) is 24.6 Å². The number of rotatable bonds is 4. The van der Waals surface area contributed by atoms with Gasteiger partial charge >= 0.3 is 0 Å². The highest BCUT2D eigenvalue weighted by atomic mass is 16.5. The van der Waals surface area contributed by atoms with Crippen molar-refractivity contribution in [2.45, 2.75) is 6.92 Å². The van der Waals surface area contributed by atoms with Crippen LogP contribution in [0, 0.1) is 6.92 Å². The van der Waals surface area contributed by atoms with Crippen LogP contribution in [0.4, 0.5) is 0 Å². The zero-order chi connectivity index (χ0) is 10.6. The second-order valence-electron chi connectivity index (χ2n) is 4.68. The summed E-state index contributed by atoms with van der Waals surface area (Å²) in [4.78, 5) is 0. The number of nitrogens with zero attached hydrogens (tertiary/aromatic N) is 1. The van der Waals surface area contributed by atoms with Crippen molar-refractivity contribution in [2.75, 3.05) is 34.3 Å². The first-order valence-corrected chi connectivity index (χ1v) is 4.97.